The molecule has 6 aromatic rings. The maximum absolute atomic E-state index is 3.94. The molecule has 6 rings (SSSR count). The van der Waals surface area contributed by atoms with Gasteiger partial charge in [-0.05, 0) is 73.9 Å². The highest BCUT2D eigenvalue weighted by molar-refractivity contribution is 5.75. The average molecular weight is 399 g/mol. The first-order valence-electron chi connectivity index (χ1n) is 9.40. The Morgan fingerprint density at radius 3 is 0.967 bits per heavy atom. The van der Waals surface area contributed by atoms with Crippen molar-refractivity contribution in [2.75, 3.05) is 0 Å². The number of hydrogen-bond acceptors (Lipinski definition) is 6. The number of hydrogen-bond donors (Lipinski definition) is 3. The van der Waals surface area contributed by atoms with E-state index < -0.39 is 0 Å². The number of H-pyrrole nitrogens is 3. The maximum Gasteiger partial charge on any atom is 0.113 e. The van der Waals surface area contributed by atoms with Crippen LogP contribution in [0, 0.1) is 20.8 Å². The standard InChI is InChI=1S/3C7H7N3/c3*1-5-2-3-6-7(4-5)9-10-8-6/h3*2-4H,1H3,(H,8,9,10). The summed E-state index contributed by atoms with van der Waals surface area (Å²) in [4.78, 5) is 0. The molecule has 3 N–H and O–H groups in total. The molecule has 3 heterocycles. The number of fused-ring (bicyclic) bond motifs is 3. The van der Waals surface area contributed by atoms with Crippen molar-refractivity contribution in [1.82, 2.24) is 46.2 Å². The fourth-order valence-electron chi connectivity index (χ4n) is 2.85. The van der Waals surface area contributed by atoms with Crippen LogP contribution in [0.3, 0.4) is 0 Å². The highest BCUT2D eigenvalue weighted by Gasteiger charge is 1.96. The summed E-state index contributed by atoms with van der Waals surface area (Å²) in [5.41, 5.74) is 9.19. The molecule has 0 atom stereocenters. The zero-order valence-electron chi connectivity index (χ0n) is 16.9. The van der Waals surface area contributed by atoms with Gasteiger partial charge in [0.15, 0.2) is 0 Å². The molecule has 0 saturated carbocycles. The number of nitrogens with zero attached hydrogens (tertiary/aromatic N) is 6. The SMILES string of the molecule is Cc1ccc2n[nH]nc2c1.Cc1ccc2n[nH]nc2c1.Cc1ccc2n[nH]nc2c1. The summed E-state index contributed by atoms with van der Waals surface area (Å²) in [6, 6.07) is 17.9. The quantitative estimate of drug-likeness (QED) is 0.357. The zero-order chi connectivity index (χ0) is 20.9. The Morgan fingerprint density at radius 2 is 0.667 bits per heavy atom. The van der Waals surface area contributed by atoms with E-state index in [2.05, 4.69) is 46.2 Å². The van der Waals surface area contributed by atoms with Gasteiger partial charge in [-0.15, -0.1) is 0 Å². The van der Waals surface area contributed by atoms with E-state index in [4.69, 9.17) is 0 Å². The van der Waals surface area contributed by atoms with Crippen molar-refractivity contribution in [3.8, 4) is 0 Å². The van der Waals surface area contributed by atoms with Crippen LogP contribution < -0.4 is 0 Å². The van der Waals surface area contributed by atoms with Gasteiger partial charge in [0.1, 0.15) is 33.1 Å². The molecule has 0 aliphatic carbocycles. The lowest BCUT2D eigenvalue weighted by atomic mass is 10.2. The Labute approximate surface area is 171 Å². The number of aromatic nitrogens is 9. The molecule has 9 heteroatoms. The molecular weight excluding hydrogens is 378 g/mol. The van der Waals surface area contributed by atoms with Gasteiger partial charge in [-0.25, -0.2) is 0 Å². The topological polar surface area (TPSA) is 125 Å². The molecule has 0 amide bonds. The largest absolute Gasteiger partial charge is 0.197 e. The number of aromatic amines is 3. The van der Waals surface area contributed by atoms with E-state index in [1.807, 2.05) is 75.4 Å². The van der Waals surface area contributed by atoms with Gasteiger partial charge >= 0.3 is 0 Å². The fraction of sp³-hybridized carbons (Fsp3) is 0.143. The molecule has 0 radical (unpaired) electrons. The third-order valence-corrected chi connectivity index (χ3v) is 4.42. The van der Waals surface area contributed by atoms with Crippen LogP contribution in [0.15, 0.2) is 54.6 Å². The first-order valence-corrected chi connectivity index (χ1v) is 9.40. The van der Waals surface area contributed by atoms with Crippen molar-refractivity contribution in [2.24, 2.45) is 0 Å². The van der Waals surface area contributed by atoms with Gasteiger partial charge in [0.05, 0.1) is 0 Å². The normalized spacial score (nSPS) is 10.5. The summed E-state index contributed by atoms with van der Waals surface area (Å²) in [7, 11) is 0. The smallest absolute Gasteiger partial charge is 0.113 e. The van der Waals surface area contributed by atoms with E-state index in [0.29, 0.717) is 0 Å². The number of benzene rings is 3. The van der Waals surface area contributed by atoms with Crippen molar-refractivity contribution < 1.29 is 0 Å². The molecular formula is C21H21N9. The summed E-state index contributed by atoms with van der Waals surface area (Å²) in [6.45, 7) is 6.11. The monoisotopic (exact) mass is 399 g/mol. The summed E-state index contributed by atoms with van der Waals surface area (Å²) in [5.74, 6) is 0. The molecule has 0 bridgehead atoms. The summed E-state index contributed by atoms with van der Waals surface area (Å²) >= 11 is 0. The number of aryl methyl sites for hydroxylation is 3. The van der Waals surface area contributed by atoms with Gasteiger partial charge in [0.25, 0.3) is 0 Å². The Hall–Kier alpha value is -4.14. The van der Waals surface area contributed by atoms with Crippen molar-refractivity contribution >= 4 is 33.1 Å². The summed E-state index contributed by atoms with van der Waals surface area (Å²) in [6.07, 6.45) is 0. The van der Waals surface area contributed by atoms with Crippen LogP contribution in [-0.2, 0) is 0 Å². The third-order valence-electron chi connectivity index (χ3n) is 4.42. The number of rotatable bonds is 0. The molecule has 0 aliphatic rings. The minimum atomic E-state index is 0.922. The lowest BCUT2D eigenvalue weighted by Gasteiger charge is -1.87. The van der Waals surface area contributed by atoms with E-state index in [1.54, 1.807) is 0 Å². The van der Waals surface area contributed by atoms with Gasteiger partial charge in [0, 0.05) is 0 Å². The molecule has 30 heavy (non-hydrogen) atoms. The first-order chi connectivity index (χ1) is 14.6. The first kappa shape index (κ1) is 19.2. The molecule has 0 unspecified atom stereocenters. The van der Waals surface area contributed by atoms with Gasteiger partial charge in [-0.1, -0.05) is 18.2 Å². The lowest BCUT2D eigenvalue weighted by Crippen LogP contribution is -1.71. The van der Waals surface area contributed by atoms with Crippen LogP contribution in [0.25, 0.3) is 33.1 Å². The molecule has 0 saturated heterocycles. The second-order valence-corrected chi connectivity index (χ2v) is 6.95. The molecule has 0 fully saturated rings. The number of nitrogens with one attached hydrogen (secondary N) is 3. The van der Waals surface area contributed by atoms with Crippen LogP contribution in [0.4, 0.5) is 0 Å². The zero-order valence-corrected chi connectivity index (χ0v) is 16.9. The van der Waals surface area contributed by atoms with E-state index in [0.717, 1.165) is 33.1 Å². The highest BCUT2D eigenvalue weighted by Crippen LogP contribution is 2.10. The molecule has 0 aliphatic heterocycles. The minimum absolute atomic E-state index is 0.922. The second-order valence-electron chi connectivity index (χ2n) is 6.95. The highest BCUT2D eigenvalue weighted by atomic mass is 15.3. The maximum atomic E-state index is 3.94. The van der Waals surface area contributed by atoms with Crippen LogP contribution in [0.2, 0.25) is 0 Å². The Bertz CT molecular complexity index is 1220. The minimum Gasteiger partial charge on any atom is -0.197 e. The van der Waals surface area contributed by atoms with Crippen LogP contribution in [0.1, 0.15) is 16.7 Å². The molecule has 3 aromatic carbocycles. The van der Waals surface area contributed by atoms with E-state index in [9.17, 15) is 0 Å². The second kappa shape index (κ2) is 8.48. The van der Waals surface area contributed by atoms with Gasteiger partial charge in [-0.3, -0.25) is 0 Å². The summed E-state index contributed by atoms with van der Waals surface area (Å²) in [5, 5.41) is 31.3. The van der Waals surface area contributed by atoms with Gasteiger partial charge in [0.2, 0.25) is 0 Å². The van der Waals surface area contributed by atoms with Gasteiger partial charge < -0.3 is 0 Å². The van der Waals surface area contributed by atoms with E-state index in [1.165, 1.54) is 16.7 Å². The molecule has 9 nitrogen and oxygen atoms in total. The van der Waals surface area contributed by atoms with Crippen molar-refractivity contribution in [2.45, 2.75) is 20.8 Å². The molecule has 0 spiro atoms. The van der Waals surface area contributed by atoms with Gasteiger partial charge in [-0.2, -0.15) is 46.2 Å². The van der Waals surface area contributed by atoms with E-state index in [-0.39, 0.29) is 0 Å². The average Bonchev–Trinajstić information content (AvgIpc) is 3.48. The lowest BCUT2D eigenvalue weighted by molar-refractivity contribution is 0.959. The van der Waals surface area contributed by atoms with Crippen molar-refractivity contribution in [3.63, 3.8) is 0 Å². The summed E-state index contributed by atoms with van der Waals surface area (Å²) < 4.78 is 0. The van der Waals surface area contributed by atoms with Crippen LogP contribution in [-0.4, -0.2) is 46.2 Å². The van der Waals surface area contributed by atoms with Crippen molar-refractivity contribution in [3.05, 3.63) is 71.3 Å². The predicted octanol–water partition coefficient (Wildman–Crippen LogP) is 3.80. The Balaban J connectivity index is 0.000000109. The predicted molar refractivity (Wildman–Crippen MR) is 116 cm³/mol. The fourth-order valence-corrected chi connectivity index (χ4v) is 2.85. The molecule has 3 aromatic heterocycles. The van der Waals surface area contributed by atoms with E-state index >= 15 is 0 Å². The van der Waals surface area contributed by atoms with Crippen molar-refractivity contribution in [1.29, 1.82) is 0 Å². The third kappa shape index (κ3) is 4.46. The Kier molecular flexibility index (Phi) is 5.42. The van der Waals surface area contributed by atoms with Crippen LogP contribution in [0.5, 0.6) is 0 Å². The molecule has 150 valence electrons. The Morgan fingerprint density at radius 1 is 0.400 bits per heavy atom. The van der Waals surface area contributed by atoms with Crippen LogP contribution >= 0.6 is 0 Å².